The quantitative estimate of drug-likeness (QED) is 0.400. The van der Waals surface area contributed by atoms with Gasteiger partial charge in [-0.05, 0) is 30.7 Å². The number of benzene rings is 1. The fourth-order valence-corrected chi connectivity index (χ4v) is 4.74. The Morgan fingerprint density at radius 2 is 2.12 bits per heavy atom. The van der Waals surface area contributed by atoms with Crippen LogP contribution in [0.2, 0.25) is 5.02 Å². The van der Waals surface area contributed by atoms with Crippen molar-refractivity contribution in [1.82, 2.24) is 9.55 Å². The molecule has 1 aliphatic heterocycles. The van der Waals surface area contributed by atoms with Crippen LogP contribution in [0.5, 0.6) is 0 Å². The summed E-state index contributed by atoms with van der Waals surface area (Å²) < 4.78 is 58.2. The molecule has 1 fully saturated rings. The van der Waals surface area contributed by atoms with Crippen LogP contribution in [0.3, 0.4) is 0 Å². The molecule has 0 radical (unpaired) electrons. The Bertz CT molecular complexity index is 1120. The molecule has 3 rings (SSSR count). The van der Waals surface area contributed by atoms with E-state index in [1.807, 2.05) is 4.98 Å². The number of aliphatic hydroxyl groups is 2. The van der Waals surface area contributed by atoms with Gasteiger partial charge in [0.05, 0.1) is 12.7 Å². The molecule has 1 unspecified atom stereocenters. The van der Waals surface area contributed by atoms with Crippen LogP contribution < -0.4 is 11.2 Å². The van der Waals surface area contributed by atoms with Crippen LogP contribution in [0.1, 0.15) is 31.2 Å². The van der Waals surface area contributed by atoms with E-state index in [-0.39, 0.29) is 30.2 Å². The summed E-state index contributed by atoms with van der Waals surface area (Å²) in [6.45, 7) is 0.332. The number of aliphatic hydroxyl groups excluding tert-OH is 2. The van der Waals surface area contributed by atoms with Crippen molar-refractivity contribution >= 4 is 19.6 Å². The van der Waals surface area contributed by atoms with Crippen LogP contribution in [-0.4, -0.2) is 57.2 Å². The van der Waals surface area contributed by atoms with Crippen LogP contribution in [0.25, 0.3) is 0 Å². The Morgan fingerprint density at radius 3 is 2.76 bits per heavy atom. The molecular weight excluding hydrogens is 501 g/mol. The number of rotatable bonds is 10. The van der Waals surface area contributed by atoms with Gasteiger partial charge in [0.1, 0.15) is 24.4 Å². The average Bonchev–Trinajstić information content (AvgIpc) is 2.96. The van der Waals surface area contributed by atoms with Gasteiger partial charge in [0.2, 0.25) is 8.03 Å². The smallest absolute Gasteiger partial charge is 0.330 e. The molecule has 188 valence electrons. The molecule has 14 heteroatoms. The van der Waals surface area contributed by atoms with Gasteiger partial charge in [-0.1, -0.05) is 11.6 Å². The minimum atomic E-state index is -2.87. The van der Waals surface area contributed by atoms with Gasteiger partial charge < -0.3 is 24.2 Å². The minimum absolute atomic E-state index is 0.0243. The number of nitrogens with one attached hydrogen (secondary N) is 1. The number of aromatic nitrogens is 2. The van der Waals surface area contributed by atoms with Crippen molar-refractivity contribution in [3.05, 3.63) is 67.7 Å². The summed E-state index contributed by atoms with van der Waals surface area (Å²) in [5, 5.41) is 19.7. The second-order valence-electron chi connectivity index (χ2n) is 7.85. The lowest BCUT2D eigenvalue weighted by molar-refractivity contribution is -0.0682. The predicted octanol–water partition coefficient (Wildman–Crippen LogP) is 1.90. The number of ether oxygens (including phenoxy) is 2. The van der Waals surface area contributed by atoms with Crippen LogP contribution in [-0.2, 0) is 18.6 Å². The first kappa shape index (κ1) is 26.7. The molecule has 34 heavy (non-hydrogen) atoms. The van der Waals surface area contributed by atoms with E-state index in [0.717, 1.165) is 35.9 Å². The van der Waals surface area contributed by atoms with Crippen molar-refractivity contribution in [2.24, 2.45) is 0 Å². The highest BCUT2D eigenvalue weighted by molar-refractivity contribution is 7.38. The molecule has 0 spiro atoms. The number of halogens is 3. The first-order valence-corrected chi connectivity index (χ1v) is 12.1. The monoisotopic (exact) mass is 524 g/mol. The topological polar surface area (TPSA) is 140 Å². The molecular formula is C20H24ClF2N2O8P. The lowest BCUT2D eigenvalue weighted by atomic mass is 9.98. The Morgan fingerprint density at radius 1 is 1.38 bits per heavy atom. The Hall–Kier alpha value is -1.92. The van der Waals surface area contributed by atoms with Gasteiger partial charge >= 0.3 is 5.69 Å². The Kier molecular flexibility index (Phi) is 8.80. The largest absolute Gasteiger partial charge is 0.396 e. The van der Waals surface area contributed by atoms with Crippen molar-refractivity contribution < 1.29 is 37.6 Å². The average molecular weight is 525 g/mol. The van der Waals surface area contributed by atoms with Crippen LogP contribution in [0.15, 0.2) is 40.1 Å². The second-order valence-corrected chi connectivity index (χ2v) is 9.55. The fraction of sp³-hybridized carbons (Fsp3) is 0.500. The lowest BCUT2D eigenvalue weighted by Crippen LogP contribution is -2.43. The Balaban J connectivity index is 1.60. The van der Waals surface area contributed by atoms with Gasteiger partial charge in [-0.3, -0.25) is 18.9 Å². The zero-order chi connectivity index (χ0) is 25.0. The van der Waals surface area contributed by atoms with Gasteiger partial charge in [0.15, 0.2) is 11.9 Å². The van der Waals surface area contributed by atoms with E-state index in [9.17, 15) is 28.8 Å². The summed E-state index contributed by atoms with van der Waals surface area (Å²) in [4.78, 5) is 25.2. The van der Waals surface area contributed by atoms with E-state index >= 15 is 4.39 Å². The number of hydrogen-bond donors (Lipinski definition) is 3. The molecule has 0 bridgehead atoms. The van der Waals surface area contributed by atoms with Gasteiger partial charge in [-0.2, -0.15) is 0 Å². The van der Waals surface area contributed by atoms with E-state index in [2.05, 4.69) is 0 Å². The van der Waals surface area contributed by atoms with Crippen molar-refractivity contribution in [1.29, 1.82) is 0 Å². The third-order valence-corrected chi connectivity index (χ3v) is 6.45. The van der Waals surface area contributed by atoms with Crippen LogP contribution in [0, 0.1) is 5.82 Å². The number of aromatic amines is 1. The summed E-state index contributed by atoms with van der Waals surface area (Å²) in [5.74, 6) is -0.622. The van der Waals surface area contributed by atoms with Gasteiger partial charge in [-0.15, -0.1) is 0 Å². The highest BCUT2D eigenvalue weighted by Gasteiger charge is 2.55. The molecule has 10 nitrogen and oxygen atoms in total. The third-order valence-electron chi connectivity index (χ3n) is 5.24. The number of H-pyrrole nitrogens is 1. The normalized spacial score (nSPS) is 26.5. The molecule has 1 aromatic heterocycles. The van der Waals surface area contributed by atoms with E-state index in [0.29, 0.717) is 0 Å². The molecule has 1 saturated heterocycles. The first-order valence-electron chi connectivity index (χ1n) is 10.2. The molecule has 0 amide bonds. The van der Waals surface area contributed by atoms with Gasteiger partial charge in [0, 0.05) is 30.3 Å². The number of alkyl halides is 1. The maximum absolute atomic E-state index is 15.2. The minimum Gasteiger partial charge on any atom is -0.396 e. The van der Waals surface area contributed by atoms with E-state index < -0.39 is 61.7 Å². The van der Waals surface area contributed by atoms with Crippen LogP contribution >= 0.6 is 19.6 Å². The molecule has 6 atom stereocenters. The van der Waals surface area contributed by atoms with Crippen LogP contribution in [0.4, 0.5) is 8.78 Å². The summed E-state index contributed by atoms with van der Waals surface area (Å²) in [5.41, 5.74) is -3.71. The highest BCUT2D eigenvalue weighted by Crippen LogP contribution is 2.41. The van der Waals surface area contributed by atoms with Crippen molar-refractivity contribution in [2.45, 2.75) is 43.6 Å². The summed E-state index contributed by atoms with van der Waals surface area (Å²) >= 11 is 5.84. The van der Waals surface area contributed by atoms with Gasteiger partial charge in [0.25, 0.3) is 5.56 Å². The maximum Gasteiger partial charge on any atom is 0.330 e. The molecule has 0 saturated carbocycles. The molecule has 2 aromatic rings. The van der Waals surface area contributed by atoms with Crippen molar-refractivity contribution in [3.63, 3.8) is 0 Å². The molecule has 1 aliphatic rings. The fourth-order valence-electron chi connectivity index (χ4n) is 3.59. The molecule has 0 aliphatic carbocycles. The highest BCUT2D eigenvalue weighted by atomic mass is 35.5. The van der Waals surface area contributed by atoms with E-state index in [4.69, 9.17) is 25.6 Å². The zero-order valence-electron chi connectivity index (χ0n) is 17.9. The zero-order valence-corrected chi connectivity index (χ0v) is 19.7. The molecule has 1 aromatic carbocycles. The molecule has 3 N–H and O–H groups in total. The first-order chi connectivity index (χ1) is 16.0. The van der Waals surface area contributed by atoms with E-state index in [1.54, 1.807) is 0 Å². The van der Waals surface area contributed by atoms with E-state index in [1.165, 1.54) is 6.07 Å². The number of hydrogen-bond acceptors (Lipinski definition) is 8. The summed E-state index contributed by atoms with van der Waals surface area (Å²) in [7, 11) is -2.87. The lowest BCUT2D eigenvalue weighted by Gasteiger charge is -2.24. The Labute approximate surface area is 197 Å². The SMILES string of the molecule is C[C@@]1(F)[C@H](O)[C@@H](COC[PH](=O)O[C@H](CCO)c2cc(F)cc(Cl)c2)O[C@H]1n1ccc(=O)[nH]c1=O. The van der Waals surface area contributed by atoms with Crippen molar-refractivity contribution in [3.8, 4) is 0 Å². The third kappa shape index (κ3) is 6.19. The number of nitrogens with zero attached hydrogens (tertiary/aromatic N) is 1. The second kappa shape index (κ2) is 11.2. The predicted molar refractivity (Wildman–Crippen MR) is 118 cm³/mol. The van der Waals surface area contributed by atoms with Gasteiger partial charge in [-0.25, -0.2) is 13.6 Å². The maximum atomic E-state index is 15.2. The van der Waals surface area contributed by atoms with Crippen molar-refractivity contribution in [2.75, 3.05) is 19.6 Å². The standard InChI is InChI=1S/C20H24ClF2N2O8P/c1-20(23)17(28)15(32-18(20)25-4-2-16(27)24-19(25)29)9-31-10-34(30)33-14(3-5-26)11-6-12(21)8-13(22)7-11/h2,4,6-8,14-15,17-18,26,28,34H,3,5,9-10H2,1H3,(H,24,27,29)/t14-,15-,17-,18-,20-/m1/s1. The summed E-state index contributed by atoms with van der Waals surface area (Å²) in [6.07, 6.45) is -4.73. The molecule has 2 heterocycles. The summed E-state index contributed by atoms with van der Waals surface area (Å²) in [6, 6.07) is 4.67.